The summed E-state index contributed by atoms with van der Waals surface area (Å²) < 4.78 is 0. The molecule has 0 fully saturated rings. The van der Waals surface area contributed by atoms with Crippen LogP contribution in [0.5, 0.6) is 0 Å². The summed E-state index contributed by atoms with van der Waals surface area (Å²) in [4.78, 5) is 0. The smallest absolute Gasteiger partial charge is 0.0617 e. The first-order chi connectivity index (χ1) is 4.22. The van der Waals surface area contributed by atoms with Gasteiger partial charge in [-0.1, -0.05) is 18.2 Å². The maximum atomic E-state index is 2.16. The fourth-order valence-electron chi connectivity index (χ4n) is 0.898. The fraction of sp³-hybridized carbons (Fsp3) is 0.333. The summed E-state index contributed by atoms with van der Waals surface area (Å²) in [7, 11) is 0. The van der Waals surface area contributed by atoms with Gasteiger partial charge in [-0.2, -0.15) is 0 Å². The van der Waals surface area contributed by atoms with E-state index in [0.717, 1.165) is 0 Å². The molecule has 0 aliphatic carbocycles. The summed E-state index contributed by atoms with van der Waals surface area (Å²) in [6, 6.07) is 6.38. The van der Waals surface area contributed by atoms with Gasteiger partial charge in [0, 0.05) is 0 Å². The molecule has 10 heavy (non-hydrogen) atoms. The molecule has 0 aromatic heterocycles. The summed E-state index contributed by atoms with van der Waals surface area (Å²) in [6.07, 6.45) is 0. The SMILES string of the molecule is B.Cc1cccc(C)c1C. The molecule has 1 rings (SSSR count). The van der Waals surface area contributed by atoms with Gasteiger partial charge < -0.3 is 0 Å². The van der Waals surface area contributed by atoms with Crippen LogP contribution in [0.25, 0.3) is 0 Å². The number of hydrogen-bond acceptors (Lipinski definition) is 0. The summed E-state index contributed by atoms with van der Waals surface area (Å²) in [5.74, 6) is 0. The molecular weight excluding hydrogens is 119 g/mol. The third kappa shape index (κ3) is 1.63. The van der Waals surface area contributed by atoms with Crippen molar-refractivity contribution < 1.29 is 0 Å². The Kier molecular flexibility index (Phi) is 3.21. The molecule has 0 heterocycles. The minimum absolute atomic E-state index is 0. The van der Waals surface area contributed by atoms with Crippen LogP contribution in [0.15, 0.2) is 18.2 Å². The van der Waals surface area contributed by atoms with Crippen LogP contribution >= 0.6 is 0 Å². The third-order valence-electron chi connectivity index (χ3n) is 1.88. The highest BCUT2D eigenvalue weighted by Crippen LogP contribution is 2.09. The Balaban J connectivity index is 0.000000810. The first-order valence-corrected chi connectivity index (χ1v) is 3.24. The Hall–Kier alpha value is -0.715. The molecule has 0 saturated carbocycles. The first-order valence-electron chi connectivity index (χ1n) is 3.24. The average Bonchev–Trinajstić information content (AvgIpc) is 1.83. The Morgan fingerprint density at radius 2 is 1.30 bits per heavy atom. The van der Waals surface area contributed by atoms with Gasteiger partial charge in [0.05, 0.1) is 8.41 Å². The van der Waals surface area contributed by atoms with Crippen molar-refractivity contribution in [2.75, 3.05) is 0 Å². The molecule has 0 bridgehead atoms. The molecule has 0 nitrogen and oxygen atoms in total. The third-order valence-corrected chi connectivity index (χ3v) is 1.88. The van der Waals surface area contributed by atoms with Gasteiger partial charge in [0.25, 0.3) is 0 Å². The topological polar surface area (TPSA) is 0 Å². The normalized spacial score (nSPS) is 8.70. The lowest BCUT2D eigenvalue weighted by molar-refractivity contribution is 1.27. The van der Waals surface area contributed by atoms with Crippen molar-refractivity contribution in [3.8, 4) is 0 Å². The van der Waals surface area contributed by atoms with E-state index in [4.69, 9.17) is 0 Å². The monoisotopic (exact) mass is 134 g/mol. The van der Waals surface area contributed by atoms with Gasteiger partial charge in [-0.15, -0.1) is 0 Å². The van der Waals surface area contributed by atoms with E-state index in [0.29, 0.717) is 0 Å². The van der Waals surface area contributed by atoms with E-state index in [-0.39, 0.29) is 8.41 Å². The highest BCUT2D eigenvalue weighted by Gasteiger charge is 1.91. The molecule has 0 radical (unpaired) electrons. The van der Waals surface area contributed by atoms with E-state index < -0.39 is 0 Å². The maximum Gasteiger partial charge on any atom is 0.0814 e. The molecule has 1 aromatic carbocycles. The van der Waals surface area contributed by atoms with Gasteiger partial charge in [-0.25, -0.2) is 0 Å². The van der Waals surface area contributed by atoms with E-state index in [1.807, 2.05) is 0 Å². The van der Waals surface area contributed by atoms with E-state index in [9.17, 15) is 0 Å². The highest BCUT2D eigenvalue weighted by atomic mass is 14.0. The Morgan fingerprint density at radius 3 is 1.60 bits per heavy atom. The fourth-order valence-corrected chi connectivity index (χ4v) is 0.898. The van der Waals surface area contributed by atoms with E-state index >= 15 is 0 Å². The minimum atomic E-state index is 0. The zero-order valence-electron chi connectivity index (χ0n) is 6.23. The van der Waals surface area contributed by atoms with E-state index in [1.54, 1.807) is 0 Å². The van der Waals surface area contributed by atoms with Crippen LogP contribution in [0.4, 0.5) is 0 Å². The standard InChI is InChI=1S/C9H12.BH3/c1-7-5-4-6-8(2)9(7)3;/h4-6H,1-3H3;1H3. The zero-order chi connectivity index (χ0) is 6.85. The second kappa shape index (κ2) is 3.45. The molecule has 1 heteroatoms. The highest BCUT2D eigenvalue weighted by molar-refractivity contribution is 5.75. The predicted molar refractivity (Wildman–Crippen MR) is 50.6 cm³/mol. The molecule has 0 atom stereocenters. The number of rotatable bonds is 0. The van der Waals surface area contributed by atoms with Crippen LogP contribution < -0.4 is 0 Å². The number of benzene rings is 1. The zero-order valence-corrected chi connectivity index (χ0v) is 6.23. The Labute approximate surface area is 64.8 Å². The number of hydrogen-bond donors (Lipinski definition) is 0. The molecule has 0 aliphatic heterocycles. The van der Waals surface area contributed by atoms with Gasteiger partial charge in [-0.3, -0.25) is 0 Å². The van der Waals surface area contributed by atoms with Crippen molar-refractivity contribution in [3.05, 3.63) is 34.9 Å². The van der Waals surface area contributed by atoms with E-state index in [1.165, 1.54) is 16.7 Å². The maximum absolute atomic E-state index is 2.16. The molecule has 0 N–H and O–H groups in total. The van der Waals surface area contributed by atoms with Gasteiger partial charge in [0.15, 0.2) is 0 Å². The van der Waals surface area contributed by atoms with Crippen molar-refractivity contribution in [3.63, 3.8) is 0 Å². The molecule has 0 unspecified atom stereocenters. The van der Waals surface area contributed by atoms with Crippen LogP contribution in [-0.4, -0.2) is 8.41 Å². The van der Waals surface area contributed by atoms with E-state index in [2.05, 4.69) is 39.0 Å². The summed E-state index contributed by atoms with van der Waals surface area (Å²) in [5.41, 5.74) is 4.18. The molecular formula is C9H15B. The van der Waals surface area contributed by atoms with Crippen LogP contribution in [0.2, 0.25) is 0 Å². The lowest BCUT2D eigenvalue weighted by atomic mass is 10.1. The van der Waals surface area contributed by atoms with Gasteiger partial charge in [0.2, 0.25) is 0 Å². The molecule has 54 valence electrons. The summed E-state index contributed by atoms with van der Waals surface area (Å²) in [5, 5.41) is 0. The van der Waals surface area contributed by atoms with Crippen molar-refractivity contribution in [1.29, 1.82) is 0 Å². The van der Waals surface area contributed by atoms with Crippen LogP contribution in [0.3, 0.4) is 0 Å². The molecule has 0 amide bonds. The molecule has 1 aromatic rings. The lowest BCUT2D eigenvalue weighted by Gasteiger charge is -2.00. The molecule has 0 saturated heterocycles. The van der Waals surface area contributed by atoms with Crippen LogP contribution in [0.1, 0.15) is 16.7 Å². The van der Waals surface area contributed by atoms with Crippen LogP contribution in [-0.2, 0) is 0 Å². The lowest BCUT2D eigenvalue weighted by Crippen LogP contribution is -1.82. The average molecular weight is 134 g/mol. The summed E-state index contributed by atoms with van der Waals surface area (Å²) >= 11 is 0. The van der Waals surface area contributed by atoms with Crippen LogP contribution in [0, 0.1) is 20.8 Å². The molecule has 0 aliphatic rings. The minimum Gasteiger partial charge on any atom is -0.0617 e. The quantitative estimate of drug-likeness (QED) is 0.471. The molecule has 0 spiro atoms. The second-order valence-electron chi connectivity index (χ2n) is 2.52. The Bertz CT molecular complexity index is 196. The van der Waals surface area contributed by atoms with Crippen molar-refractivity contribution in [2.24, 2.45) is 0 Å². The summed E-state index contributed by atoms with van der Waals surface area (Å²) in [6.45, 7) is 6.44. The second-order valence-corrected chi connectivity index (χ2v) is 2.52. The van der Waals surface area contributed by atoms with Crippen molar-refractivity contribution >= 4 is 8.41 Å². The van der Waals surface area contributed by atoms with Gasteiger partial charge in [-0.05, 0) is 37.5 Å². The number of aryl methyl sites for hydroxylation is 2. The largest absolute Gasteiger partial charge is 0.0814 e. The first kappa shape index (κ1) is 9.28. The predicted octanol–water partition coefficient (Wildman–Crippen LogP) is 1.43. The van der Waals surface area contributed by atoms with Crippen molar-refractivity contribution in [1.82, 2.24) is 0 Å². The van der Waals surface area contributed by atoms with Gasteiger partial charge in [0.1, 0.15) is 0 Å². The van der Waals surface area contributed by atoms with Crippen molar-refractivity contribution in [2.45, 2.75) is 20.8 Å². The Morgan fingerprint density at radius 1 is 0.900 bits per heavy atom. The van der Waals surface area contributed by atoms with Gasteiger partial charge >= 0.3 is 0 Å².